The highest BCUT2D eigenvalue weighted by Gasteiger charge is 2.24. The molecule has 0 spiro atoms. The lowest BCUT2D eigenvalue weighted by atomic mass is 10.1. The van der Waals surface area contributed by atoms with Crippen molar-refractivity contribution in [1.29, 1.82) is 0 Å². The zero-order valence-electron chi connectivity index (χ0n) is 15.3. The minimum Gasteiger partial charge on any atom is -0.349 e. The van der Waals surface area contributed by atoms with E-state index < -0.39 is 0 Å². The molecule has 3 aromatic rings. The van der Waals surface area contributed by atoms with Crippen LogP contribution in [0.15, 0.2) is 53.9 Å². The number of hydrogen-bond acceptors (Lipinski definition) is 3. The van der Waals surface area contributed by atoms with E-state index in [0.717, 1.165) is 29.5 Å². The van der Waals surface area contributed by atoms with Crippen molar-refractivity contribution in [2.75, 3.05) is 5.32 Å². The van der Waals surface area contributed by atoms with Gasteiger partial charge in [-0.1, -0.05) is 18.2 Å². The SMILES string of the molecule is Cc1ccc(C(=O)NC2CC2)cc1NC(=O)c1cc(-c2ccc(I)cc2)cs1. The topological polar surface area (TPSA) is 58.2 Å². The Labute approximate surface area is 181 Å². The molecule has 2 aromatic carbocycles. The maximum absolute atomic E-state index is 12.7. The van der Waals surface area contributed by atoms with Crippen LogP contribution in [0, 0.1) is 10.5 Å². The second-order valence-corrected chi connectivity index (χ2v) is 9.09. The van der Waals surface area contributed by atoms with Crippen molar-refractivity contribution < 1.29 is 9.59 Å². The van der Waals surface area contributed by atoms with E-state index in [1.54, 1.807) is 12.1 Å². The van der Waals surface area contributed by atoms with Crippen LogP contribution in [0.4, 0.5) is 5.69 Å². The van der Waals surface area contributed by atoms with Gasteiger partial charge in [0.25, 0.3) is 11.8 Å². The minimum atomic E-state index is -0.162. The third kappa shape index (κ3) is 4.44. The molecular formula is C22H19IN2O2S. The van der Waals surface area contributed by atoms with E-state index >= 15 is 0 Å². The Bertz CT molecular complexity index is 1040. The molecule has 2 N–H and O–H groups in total. The molecule has 0 unspecified atom stereocenters. The summed E-state index contributed by atoms with van der Waals surface area (Å²) in [5, 5.41) is 7.92. The second kappa shape index (κ2) is 8.05. The van der Waals surface area contributed by atoms with Crippen molar-refractivity contribution in [3.8, 4) is 11.1 Å². The fourth-order valence-electron chi connectivity index (χ4n) is 2.83. The van der Waals surface area contributed by atoms with Gasteiger partial charge >= 0.3 is 0 Å². The molecule has 1 aromatic heterocycles. The molecule has 1 aliphatic carbocycles. The summed E-state index contributed by atoms with van der Waals surface area (Å²) < 4.78 is 1.18. The molecule has 2 amide bonds. The van der Waals surface area contributed by atoms with E-state index in [1.807, 2.05) is 24.4 Å². The van der Waals surface area contributed by atoms with Gasteiger partial charge < -0.3 is 10.6 Å². The number of carbonyl (C=O) groups excluding carboxylic acids is 2. The van der Waals surface area contributed by atoms with Crippen LogP contribution in [-0.4, -0.2) is 17.9 Å². The summed E-state index contributed by atoms with van der Waals surface area (Å²) in [6, 6.07) is 15.8. The van der Waals surface area contributed by atoms with E-state index in [2.05, 4.69) is 57.5 Å². The van der Waals surface area contributed by atoms with Crippen LogP contribution in [-0.2, 0) is 0 Å². The molecule has 0 bridgehead atoms. The second-order valence-electron chi connectivity index (χ2n) is 6.94. The number of nitrogens with one attached hydrogen (secondary N) is 2. The van der Waals surface area contributed by atoms with Crippen LogP contribution in [0.5, 0.6) is 0 Å². The van der Waals surface area contributed by atoms with Crippen molar-refractivity contribution in [3.05, 3.63) is 73.5 Å². The Morgan fingerprint density at radius 3 is 2.46 bits per heavy atom. The molecule has 0 saturated heterocycles. The maximum atomic E-state index is 12.7. The third-order valence-corrected chi connectivity index (χ3v) is 6.31. The number of hydrogen-bond donors (Lipinski definition) is 2. The lowest BCUT2D eigenvalue weighted by molar-refractivity contribution is 0.0949. The number of halogens is 1. The third-order valence-electron chi connectivity index (χ3n) is 4.66. The van der Waals surface area contributed by atoms with E-state index in [4.69, 9.17) is 0 Å². The maximum Gasteiger partial charge on any atom is 0.265 e. The van der Waals surface area contributed by atoms with Crippen LogP contribution >= 0.6 is 33.9 Å². The van der Waals surface area contributed by atoms with Gasteiger partial charge in [0.2, 0.25) is 0 Å². The van der Waals surface area contributed by atoms with Gasteiger partial charge in [0.05, 0.1) is 4.88 Å². The molecule has 1 saturated carbocycles. The molecule has 0 atom stereocenters. The van der Waals surface area contributed by atoms with Crippen LogP contribution in [0.25, 0.3) is 11.1 Å². The fourth-order valence-corrected chi connectivity index (χ4v) is 4.00. The highest BCUT2D eigenvalue weighted by Crippen LogP contribution is 2.27. The average Bonchev–Trinajstić information content (AvgIpc) is 3.35. The average molecular weight is 502 g/mol. The van der Waals surface area contributed by atoms with Gasteiger partial charge in [0, 0.05) is 20.9 Å². The summed E-state index contributed by atoms with van der Waals surface area (Å²) in [5.41, 5.74) is 4.27. The Morgan fingerprint density at radius 2 is 1.75 bits per heavy atom. The van der Waals surface area contributed by atoms with Gasteiger partial charge in [-0.15, -0.1) is 11.3 Å². The Morgan fingerprint density at radius 1 is 1.00 bits per heavy atom. The van der Waals surface area contributed by atoms with Crippen molar-refractivity contribution in [2.24, 2.45) is 0 Å². The predicted octanol–water partition coefficient (Wildman–Crippen LogP) is 5.47. The molecule has 142 valence electrons. The van der Waals surface area contributed by atoms with Crippen LogP contribution in [0.1, 0.15) is 38.4 Å². The summed E-state index contributed by atoms with van der Waals surface area (Å²) in [4.78, 5) is 25.6. The smallest absolute Gasteiger partial charge is 0.265 e. The molecule has 0 aliphatic heterocycles. The summed E-state index contributed by atoms with van der Waals surface area (Å²) in [7, 11) is 0. The Balaban J connectivity index is 1.50. The highest BCUT2D eigenvalue weighted by molar-refractivity contribution is 14.1. The van der Waals surface area contributed by atoms with Gasteiger partial charge in [0.1, 0.15) is 0 Å². The first-order chi connectivity index (χ1) is 13.5. The minimum absolute atomic E-state index is 0.0879. The fraction of sp³-hybridized carbons (Fsp3) is 0.182. The number of thiophene rings is 1. The van der Waals surface area contributed by atoms with Crippen molar-refractivity contribution in [1.82, 2.24) is 5.32 Å². The molecule has 1 fully saturated rings. The summed E-state index contributed by atoms with van der Waals surface area (Å²) in [6.45, 7) is 1.92. The van der Waals surface area contributed by atoms with Gasteiger partial charge in [-0.25, -0.2) is 0 Å². The normalized spacial score (nSPS) is 13.2. The van der Waals surface area contributed by atoms with E-state index in [0.29, 0.717) is 22.2 Å². The van der Waals surface area contributed by atoms with Gasteiger partial charge in [0.15, 0.2) is 0 Å². The molecule has 0 radical (unpaired) electrons. The lowest BCUT2D eigenvalue weighted by Crippen LogP contribution is -2.25. The van der Waals surface area contributed by atoms with Crippen molar-refractivity contribution >= 4 is 51.4 Å². The molecular weight excluding hydrogens is 483 g/mol. The van der Waals surface area contributed by atoms with E-state index in [1.165, 1.54) is 14.9 Å². The van der Waals surface area contributed by atoms with Gasteiger partial charge in [-0.3, -0.25) is 9.59 Å². The van der Waals surface area contributed by atoms with Crippen molar-refractivity contribution in [3.63, 3.8) is 0 Å². The summed E-state index contributed by atoms with van der Waals surface area (Å²) in [5.74, 6) is -0.250. The number of carbonyl (C=O) groups is 2. The molecule has 1 aliphatic rings. The Hall–Kier alpha value is -2.19. The molecule has 6 heteroatoms. The predicted molar refractivity (Wildman–Crippen MR) is 122 cm³/mol. The van der Waals surface area contributed by atoms with Crippen LogP contribution < -0.4 is 10.6 Å². The highest BCUT2D eigenvalue weighted by atomic mass is 127. The van der Waals surface area contributed by atoms with E-state index in [-0.39, 0.29) is 11.8 Å². The number of rotatable bonds is 5. The zero-order valence-corrected chi connectivity index (χ0v) is 18.3. The standard InChI is InChI=1S/C22H19IN2O2S/c1-13-2-3-15(21(26)24-18-8-9-18)10-19(13)25-22(27)20-11-16(12-28-20)14-4-6-17(23)7-5-14/h2-7,10-12,18H,8-9H2,1H3,(H,24,26)(H,25,27). The number of amides is 2. The summed E-state index contributed by atoms with van der Waals surface area (Å²) >= 11 is 3.69. The number of anilines is 1. The van der Waals surface area contributed by atoms with Crippen LogP contribution in [0.3, 0.4) is 0 Å². The van der Waals surface area contributed by atoms with Crippen LogP contribution in [0.2, 0.25) is 0 Å². The largest absolute Gasteiger partial charge is 0.349 e. The Kier molecular flexibility index (Phi) is 5.50. The molecule has 4 rings (SSSR count). The van der Waals surface area contributed by atoms with Gasteiger partial charge in [-0.05, 0) is 94.8 Å². The first-order valence-corrected chi connectivity index (χ1v) is 11.0. The monoisotopic (exact) mass is 502 g/mol. The quantitative estimate of drug-likeness (QED) is 0.455. The zero-order chi connectivity index (χ0) is 19.7. The summed E-state index contributed by atoms with van der Waals surface area (Å²) in [6.07, 6.45) is 2.09. The first kappa shape index (κ1) is 19.1. The molecule has 4 nitrogen and oxygen atoms in total. The first-order valence-electron chi connectivity index (χ1n) is 9.07. The van der Waals surface area contributed by atoms with Gasteiger partial charge in [-0.2, -0.15) is 0 Å². The molecule has 28 heavy (non-hydrogen) atoms. The number of aryl methyl sites for hydroxylation is 1. The van der Waals surface area contributed by atoms with E-state index in [9.17, 15) is 9.59 Å². The van der Waals surface area contributed by atoms with Crippen molar-refractivity contribution in [2.45, 2.75) is 25.8 Å². The number of benzene rings is 2. The lowest BCUT2D eigenvalue weighted by Gasteiger charge is -2.10. The molecule has 1 heterocycles.